The number of aromatic nitrogens is 2. The number of nitrogens with one attached hydrogen (secondary N) is 1. The van der Waals surface area contributed by atoms with Gasteiger partial charge in [0.25, 0.3) is 0 Å². The second-order valence-electron chi connectivity index (χ2n) is 4.48. The van der Waals surface area contributed by atoms with Crippen molar-refractivity contribution < 1.29 is 9.47 Å². The highest BCUT2D eigenvalue weighted by molar-refractivity contribution is 5.38. The summed E-state index contributed by atoms with van der Waals surface area (Å²) in [6.45, 7) is 5.46. The van der Waals surface area contributed by atoms with E-state index in [0.717, 1.165) is 23.4 Å². The molecule has 1 atom stereocenters. The van der Waals surface area contributed by atoms with Gasteiger partial charge in [0.05, 0.1) is 26.0 Å². The summed E-state index contributed by atoms with van der Waals surface area (Å²) in [5, 5.41) is 3.44. The first-order chi connectivity index (χ1) is 10.3. The first kappa shape index (κ1) is 15.3. The molecule has 21 heavy (non-hydrogen) atoms. The lowest BCUT2D eigenvalue weighted by atomic mass is 10.0. The van der Waals surface area contributed by atoms with Crippen LogP contribution in [0.2, 0.25) is 0 Å². The molecular formula is C16H21N3O2. The number of ether oxygens (including phenoxy) is 2. The molecule has 1 unspecified atom stereocenters. The van der Waals surface area contributed by atoms with Crippen LogP contribution in [0, 0.1) is 0 Å². The van der Waals surface area contributed by atoms with E-state index in [1.165, 1.54) is 0 Å². The number of hydrogen-bond donors (Lipinski definition) is 1. The lowest BCUT2D eigenvalue weighted by Gasteiger charge is -2.20. The average Bonchev–Trinajstić information content (AvgIpc) is 2.53. The first-order valence-electron chi connectivity index (χ1n) is 7.10. The Bertz CT molecular complexity index is 575. The smallest absolute Gasteiger partial charge is 0.218 e. The number of rotatable bonds is 7. The zero-order valence-electron chi connectivity index (χ0n) is 12.7. The van der Waals surface area contributed by atoms with Gasteiger partial charge in [-0.3, -0.25) is 4.98 Å². The van der Waals surface area contributed by atoms with Crippen LogP contribution < -0.4 is 14.8 Å². The maximum Gasteiger partial charge on any atom is 0.218 e. The van der Waals surface area contributed by atoms with Crippen LogP contribution in [0.5, 0.6) is 11.6 Å². The molecule has 0 saturated carbocycles. The van der Waals surface area contributed by atoms with Crippen LogP contribution in [0.4, 0.5) is 0 Å². The molecule has 0 aliphatic carbocycles. The van der Waals surface area contributed by atoms with Gasteiger partial charge in [0, 0.05) is 18.0 Å². The Labute approximate surface area is 125 Å². The number of nitrogens with zero attached hydrogens (tertiary/aromatic N) is 2. The highest BCUT2D eigenvalue weighted by atomic mass is 16.5. The normalized spacial score (nSPS) is 12.0. The fourth-order valence-corrected chi connectivity index (χ4v) is 2.24. The van der Waals surface area contributed by atoms with E-state index in [2.05, 4.69) is 22.2 Å². The first-order valence-corrected chi connectivity index (χ1v) is 7.10. The quantitative estimate of drug-likeness (QED) is 0.848. The highest BCUT2D eigenvalue weighted by Crippen LogP contribution is 2.29. The third kappa shape index (κ3) is 3.70. The largest absolute Gasteiger partial charge is 0.492 e. The topological polar surface area (TPSA) is 56.3 Å². The minimum absolute atomic E-state index is 0.0356. The summed E-state index contributed by atoms with van der Waals surface area (Å²) < 4.78 is 10.9. The summed E-state index contributed by atoms with van der Waals surface area (Å²) >= 11 is 0. The molecule has 5 heteroatoms. The summed E-state index contributed by atoms with van der Waals surface area (Å²) in [5.74, 6) is 1.38. The summed E-state index contributed by atoms with van der Waals surface area (Å²) in [5.41, 5.74) is 2.01. The van der Waals surface area contributed by atoms with Gasteiger partial charge in [-0.1, -0.05) is 13.0 Å². The van der Waals surface area contributed by atoms with E-state index in [1.54, 1.807) is 19.5 Å². The van der Waals surface area contributed by atoms with Crippen LogP contribution in [-0.2, 0) is 0 Å². The second-order valence-corrected chi connectivity index (χ2v) is 4.48. The van der Waals surface area contributed by atoms with Gasteiger partial charge in [-0.15, -0.1) is 0 Å². The minimum atomic E-state index is -0.0356. The zero-order valence-corrected chi connectivity index (χ0v) is 12.7. The number of pyridine rings is 2. The predicted molar refractivity (Wildman–Crippen MR) is 81.7 cm³/mol. The number of hydrogen-bond acceptors (Lipinski definition) is 5. The maximum absolute atomic E-state index is 5.53. The zero-order chi connectivity index (χ0) is 15.1. The Morgan fingerprint density at radius 2 is 2.14 bits per heavy atom. The average molecular weight is 287 g/mol. The molecule has 2 aromatic rings. The van der Waals surface area contributed by atoms with E-state index in [9.17, 15) is 0 Å². The van der Waals surface area contributed by atoms with Crippen molar-refractivity contribution in [2.75, 3.05) is 20.3 Å². The molecule has 0 radical (unpaired) electrons. The summed E-state index contributed by atoms with van der Waals surface area (Å²) in [6, 6.07) is 5.87. The summed E-state index contributed by atoms with van der Waals surface area (Å²) in [7, 11) is 1.63. The molecule has 0 aliphatic heterocycles. The van der Waals surface area contributed by atoms with Gasteiger partial charge >= 0.3 is 0 Å². The third-order valence-electron chi connectivity index (χ3n) is 3.09. The van der Waals surface area contributed by atoms with Gasteiger partial charge in [0.2, 0.25) is 5.88 Å². The second kappa shape index (κ2) is 7.59. The maximum atomic E-state index is 5.53. The van der Waals surface area contributed by atoms with E-state index >= 15 is 0 Å². The van der Waals surface area contributed by atoms with Crippen molar-refractivity contribution >= 4 is 0 Å². The van der Waals surface area contributed by atoms with Crippen LogP contribution in [-0.4, -0.2) is 30.2 Å². The minimum Gasteiger partial charge on any atom is -0.492 e. The predicted octanol–water partition coefficient (Wildman–Crippen LogP) is 2.58. The Kier molecular flexibility index (Phi) is 5.51. The fourth-order valence-electron chi connectivity index (χ4n) is 2.24. The molecule has 2 rings (SSSR count). The fraction of sp³-hybridized carbons (Fsp3) is 0.375. The molecule has 0 saturated heterocycles. The molecule has 1 N–H and O–H groups in total. The van der Waals surface area contributed by atoms with Gasteiger partial charge in [-0.25, -0.2) is 4.98 Å². The molecule has 0 fully saturated rings. The molecule has 2 heterocycles. The third-order valence-corrected chi connectivity index (χ3v) is 3.09. The van der Waals surface area contributed by atoms with Gasteiger partial charge in [0.1, 0.15) is 5.75 Å². The molecule has 2 aromatic heterocycles. The van der Waals surface area contributed by atoms with Crippen molar-refractivity contribution in [1.82, 2.24) is 15.3 Å². The van der Waals surface area contributed by atoms with E-state index < -0.39 is 0 Å². The Balaban J connectivity index is 2.40. The monoisotopic (exact) mass is 287 g/mol. The molecule has 0 amide bonds. The van der Waals surface area contributed by atoms with Crippen LogP contribution >= 0.6 is 0 Å². The molecule has 0 bridgehead atoms. The van der Waals surface area contributed by atoms with Crippen LogP contribution in [0.3, 0.4) is 0 Å². The molecule has 0 spiro atoms. The van der Waals surface area contributed by atoms with Crippen LogP contribution in [0.15, 0.2) is 36.8 Å². The van der Waals surface area contributed by atoms with E-state index in [-0.39, 0.29) is 6.04 Å². The van der Waals surface area contributed by atoms with Crippen molar-refractivity contribution in [3.05, 3.63) is 47.9 Å². The van der Waals surface area contributed by atoms with Gasteiger partial charge < -0.3 is 14.8 Å². The van der Waals surface area contributed by atoms with Gasteiger partial charge in [-0.05, 0) is 31.2 Å². The highest BCUT2D eigenvalue weighted by Gasteiger charge is 2.18. The Hall–Kier alpha value is -2.14. The summed E-state index contributed by atoms with van der Waals surface area (Å²) in [6.07, 6.45) is 5.28. The number of methoxy groups -OCH3 is 1. The SMILES string of the molecule is CCNC(c1cncc(OCC)c1)c1cccnc1OC. The van der Waals surface area contributed by atoms with E-state index in [0.29, 0.717) is 12.5 Å². The Morgan fingerprint density at radius 1 is 1.29 bits per heavy atom. The van der Waals surface area contributed by atoms with Crippen molar-refractivity contribution in [3.63, 3.8) is 0 Å². The van der Waals surface area contributed by atoms with Crippen molar-refractivity contribution in [2.24, 2.45) is 0 Å². The molecule has 0 aliphatic rings. The lowest BCUT2D eigenvalue weighted by Crippen LogP contribution is -2.23. The van der Waals surface area contributed by atoms with E-state index in [1.807, 2.05) is 31.3 Å². The van der Waals surface area contributed by atoms with E-state index in [4.69, 9.17) is 9.47 Å². The molecule has 112 valence electrons. The van der Waals surface area contributed by atoms with Crippen molar-refractivity contribution in [2.45, 2.75) is 19.9 Å². The van der Waals surface area contributed by atoms with Gasteiger partial charge in [0.15, 0.2) is 0 Å². The molecular weight excluding hydrogens is 266 g/mol. The Morgan fingerprint density at radius 3 is 2.86 bits per heavy atom. The van der Waals surface area contributed by atoms with Crippen LogP contribution in [0.25, 0.3) is 0 Å². The molecule has 5 nitrogen and oxygen atoms in total. The van der Waals surface area contributed by atoms with Crippen molar-refractivity contribution in [1.29, 1.82) is 0 Å². The molecule has 0 aromatic carbocycles. The van der Waals surface area contributed by atoms with Crippen molar-refractivity contribution in [3.8, 4) is 11.6 Å². The van der Waals surface area contributed by atoms with Crippen LogP contribution in [0.1, 0.15) is 31.0 Å². The standard InChI is InChI=1S/C16H21N3O2/c1-4-18-15(14-7-6-8-19-16(14)20-3)12-9-13(21-5-2)11-17-10-12/h6-11,15,18H,4-5H2,1-3H3. The van der Waals surface area contributed by atoms with Gasteiger partial charge in [-0.2, -0.15) is 0 Å². The lowest BCUT2D eigenvalue weighted by molar-refractivity contribution is 0.338. The summed E-state index contributed by atoms with van der Waals surface area (Å²) in [4.78, 5) is 8.53.